The summed E-state index contributed by atoms with van der Waals surface area (Å²) in [6.45, 7) is 4.27. The molecule has 2 aromatic carbocycles. The van der Waals surface area contributed by atoms with Gasteiger partial charge in [-0.2, -0.15) is 0 Å². The van der Waals surface area contributed by atoms with E-state index < -0.39 is 0 Å². The molecular weight excluding hydrogens is 402 g/mol. The Morgan fingerprint density at radius 3 is 2.50 bits per heavy atom. The Labute approximate surface area is 180 Å². The maximum absolute atomic E-state index is 12.9. The van der Waals surface area contributed by atoms with Gasteiger partial charge in [0.1, 0.15) is 11.4 Å². The van der Waals surface area contributed by atoms with Crippen LogP contribution in [0, 0.1) is 0 Å². The number of amides is 2. The first-order chi connectivity index (χ1) is 14.5. The molecule has 0 atom stereocenters. The van der Waals surface area contributed by atoms with Gasteiger partial charge in [0, 0.05) is 41.2 Å². The Morgan fingerprint density at radius 2 is 1.80 bits per heavy atom. The van der Waals surface area contributed by atoms with Gasteiger partial charge in [-0.15, -0.1) is 0 Å². The zero-order valence-electron chi connectivity index (χ0n) is 16.9. The second-order valence-corrected chi connectivity index (χ2v) is 7.77. The lowest BCUT2D eigenvalue weighted by molar-refractivity contribution is -0.118. The van der Waals surface area contributed by atoms with Crippen molar-refractivity contribution >= 4 is 40.0 Å². The van der Waals surface area contributed by atoms with Crippen molar-refractivity contribution in [3.63, 3.8) is 0 Å². The number of nitrogens with one attached hydrogen (secondary N) is 1. The van der Waals surface area contributed by atoms with E-state index in [1.54, 1.807) is 24.3 Å². The summed E-state index contributed by atoms with van der Waals surface area (Å²) < 4.78 is 7.52. The van der Waals surface area contributed by atoms with Gasteiger partial charge in [0.2, 0.25) is 0 Å². The number of anilines is 1. The summed E-state index contributed by atoms with van der Waals surface area (Å²) in [4.78, 5) is 27.1. The van der Waals surface area contributed by atoms with Crippen molar-refractivity contribution < 1.29 is 14.3 Å². The zero-order chi connectivity index (χ0) is 21.1. The fourth-order valence-corrected chi connectivity index (χ4v) is 3.95. The number of carbonyl (C=O) groups excluding carboxylic acids is 2. The molecule has 1 aliphatic heterocycles. The van der Waals surface area contributed by atoms with Crippen LogP contribution in [0.1, 0.15) is 30.3 Å². The molecule has 0 unspecified atom stereocenters. The van der Waals surface area contributed by atoms with Crippen LogP contribution < -0.4 is 10.1 Å². The largest absolute Gasteiger partial charge is 0.484 e. The average molecular weight is 426 g/mol. The summed E-state index contributed by atoms with van der Waals surface area (Å²) in [5.74, 6) is 0.398. The highest BCUT2D eigenvalue weighted by Gasteiger charge is 2.23. The highest BCUT2D eigenvalue weighted by atomic mass is 35.5. The van der Waals surface area contributed by atoms with Crippen molar-refractivity contribution in [1.82, 2.24) is 9.47 Å². The monoisotopic (exact) mass is 425 g/mol. The molecule has 30 heavy (non-hydrogen) atoms. The number of carbonyl (C=O) groups is 2. The molecule has 1 saturated heterocycles. The van der Waals surface area contributed by atoms with Crippen molar-refractivity contribution in [2.75, 3.05) is 25.0 Å². The van der Waals surface area contributed by atoms with E-state index in [0.717, 1.165) is 36.8 Å². The summed E-state index contributed by atoms with van der Waals surface area (Å²) in [5, 5.41) is 4.39. The molecule has 156 valence electrons. The van der Waals surface area contributed by atoms with E-state index in [0.29, 0.717) is 28.7 Å². The maximum atomic E-state index is 12.9. The third kappa shape index (κ3) is 4.28. The number of hydrogen-bond acceptors (Lipinski definition) is 3. The number of benzene rings is 2. The van der Waals surface area contributed by atoms with E-state index in [1.807, 2.05) is 40.7 Å². The van der Waals surface area contributed by atoms with Crippen molar-refractivity contribution in [2.45, 2.75) is 26.3 Å². The third-order valence-electron chi connectivity index (χ3n) is 5.30. The molecule has 0 spiro atoms. The molecule has 6 nitrogen and oxygen atoms in total. The number of aryl methyl sites for hydroxylation is 1. The molecule has 0 bridgehead atoms. The van der Waals surface area contributed by atoms with Gasteiger partial charge in [-0.05, 0) is 68.3 Å². The number of nitrogens with zero attached hydrogens (tertiary/aromatic N) is 2. The van der Waals surface area contributed by atoms with Crippen LogP contribution in [-0.4, -0.2) is 41.0 Å². The zero-order valence-corrected chi connectivity index (χ0v) is 17.6. The van der Waals surface area contributed by atoms with Gasteiger partial charge < -0.3 is 19.5 Å². The Kier molecular flexibility index (Phi) is 5.95. The van der Waals surface area contributed by atoms with Crippen LogP contribution >= 0.6 is 11.6 Å². The molecule has 7 heteroatoms. The van der Waals surface area contributed by atoms with Gasteiger partial charge in [0.05, 0.1) is 0 Å². The van der Waals surface area contributed by atoms with E-state index >= 15 is 0 Å². The minimum absolute atomic E-state index is 0.0764. The number of ether oxygens (including phenoxy) is 1. The molecular formula is C23H24ClN3O3. The summed E-state index contributed by atoms with van der Waals surface area (Å²) in [6, 6.07) is 14.4. The van der Waals surface area contributed by atoms with Crippen molar-refractivity contribution in [1.29, 1.82) is 0 Å². The average Bonchev–Trinajstić information content (AvgIpc) is 3.40. The first-order valence-electron chi connectivity index (χ1n) is 10.2. The van der Waals surface area contributed by atoms with E-state index in [1.165, 1.54) is 0 Å². The van der Waals surface area contributed by atoms with E-state index in [-0.39, 0.29) is 18.4 Å². The fourth-order valence-electron chi connectivity index (χ4n) is 3.83. The van der Waals surface area contributed by atoms with Crippen LogP contribution in [0.25, 0.3) is 10.9 Å². The van der Waals surface area contributed by atoms with E-state index in [2.05, 4.69) is 5.32 Å². The lowest BCUT2D eigenvalue weighted by Crippen LogP contribution is -2.29. The molecule has 1 fully saturated rings. The van der Waals surface area contributed by atoms with Crippen LogP contribution in [0.2, 0.25) is 5.02 Å². The Morgan fingerprint density at radius 1 is 1.07 bits per heavy atom. The number of aromatic nitrogens is 1. The summed E-state index contributed by atoms with van der Waals surface area (Å²) in [6.07, 6.45) is 2.12. The fraction of sp³-hybridized carbons (Fsp3) is 0.304. The standard InChI is InChI=1S/C23H24ClN3O3/c1-2-27-20-10-7-18(25-22(28)15-30-19-8-5-17(24)6-9-19)13-16(20)14-21(27)23(29)26-11-3-4-12-26/h5-10,13-14H,2-4,11-12,15H2,1H3,(H,25,28). The quantitative estimate of drug-likeness (QED) is 0.629. The van der Waals surface area contributed by atoms with Gasteiger partial charge >= 0.3 is 0 Å². The molecule has 1 N–H and O–H groups in total. The normalized spacial score (nSPS) is 13.6. The molecule has 2 amide bonds. The molecule has 2 heterocycles. The number of fused-ring (bicyclic) bond motifs is 1. The predicted molar refractivity (Wildman–Crippen MR) is 118 cm³/mol. The van der Waals surface area contributed by atoms with Crippen LogP contribution in [-0.2, 0) is 11.3 Å². The second kappa shape index (κ2) is 8.79. The number of rotatable bonds is 6. The minimum atomic E-state index is -0.257. The Bertz CT molecular complexity index is 1070. The van der Waals surface area contributed by atoms with E-state index in [9.17, 15) is 9.59 Å². The smallest absolute Gasteiger partial charge is 0.270 e. The summed E-state index contributed by atoms with van der Waals surface area (Å²) in [7, 11) is 0. The number of hydrogen-bond donors (Lipinski definition) is 1. The topological polar surface area (TPSA) is 63.6 Å². The van der Waals surface area contributed by atoms with Crippen molar-refractivity contribution in [3.8, 4) is 5.75 Å². The first kappa shape index (κ1) is 20.3. The van der Waals surface area contributed by atoms with Crippen LogP contribution in [0.5, 0.6) is 5.75 Å². The van der Waals surface area contributed by atoms with Crippen molar-refractivity contribution in [3.05, 3.63) is 59.2 Å². The highest BCUT2D eigenvalue weighted by molar-refractivity contribution is 6.30. The Hall–Kier alpha value is -2.99. The van der Waals surface area contributed by atoms with Gasteiger partial charge in [-0.25, -0.2) is 0 Å². The molecule has 1 aromatic heterocycles. The molecule has 1 aliphatic rings. The van der Waals surface area contributed by atoms with E-state index in [4.69, 9.17) is 16.3 Å². The van der Waals surface area contributed by atoms with Crippen molar-refractivity contribution in [2.24, 2.45) is 0 Å². The van der Waals surface area contributed by atoms with Gasteiger partial charge in [0.15, 0.2) is 6.61 Å². The van der Waals surface area contributed by atoms with Gasteiger partial charge in [-0.1, -0.05) is 11.6 Å². The maximum Gasteiger partial charge on any atom is 0.270 e. The minimum Gasteiger partial charge on any atom is -0.484 e. The molecule has 0 saturated carbocycles. The third-order valence-corrected chi connectivity index (χ3v) is 5.55. The second-order valence-electron chi connectivity index (χ2n) is 7.34. The number of likely N-dealkylation sites (tertiary alicyclic amines) is 1. The van der Waals surface area contributed by atoms with Crippen LogP contribution in [0.4, 0.5) is 5.69 Å². The van der Waals surface area contributed by atoms with Gasteiger partial charge in [0.25, 0.3) is 11.8 Å². The lowest BCUT2D eigenvalue weighted by Gasteiger charge is -2.16. The van der Waals surface area contributed by atoms with Crippen LogP contribution in [0.3, 0.4) is 0 Å². The molecule has 0 aliphatic carbocycles. The SMILES string of the molecule is CCn1c(C(=O)N2CCCC2)cc2cc(NC(=O)COc3ccc(Cl)cc3)ccc21. The Balaban J connectivity index is 1.47. The molecule has 3 aromatic rings. The van der Waals surface area contributed by atoms with Crippen LogP contribution in [0.15, 0.2) is 48.5 Å². The molecule has 4 rings (SSSR count). The summed E-state index contributed by atoms with van der Waals surface area (Å²) in [5.41, 5.74) is 2.35. The predicted octanol–water partition coefficient (Wildman–Crippen LogP) is 4.57. The summed E-state index contributed by atoms with van der Waals surface area (Å²) >= 11 is 5.85. The van der Waals surface area contributed by atoms with Gasteiger partial charge in [-0.3, -0.25) is 9.59 Å². The lowest BCUT2D eigenvalue weighted by atomic mass is 10.2. The first-order valence-corrected chi connectivity index (χ1v) is 10.5. The highest BCUT2D eigenvalue weighted by Crippen LogP contribution is 2.25. The number of halogens is 1. The molecule has 0 radical (unpaired) electrons.